The standard InChI is InChI=1S/C30H23N5O3/c36-27(14-22-11-6-12-31-22)24-15-23(38-18-19-7-2-1-3-8-19)16-25-28(24)34-30(33-25)35-29(37)26-13-20-9-4-5-10-21(20)17-32-26/h1-10,12-13,15-17H,11,14,18H2,(H2,33,34,35,37). The van der Waals surface area contributed by atoms with Gasteiger partial charge in [-0.2, -0.15) is 0 Å². The molecule has 6 rings (SSSR count). The van der Waals surface area contributed by atoms with Crippen LogP contribution < -0.4 is 10.1 Å². The van der Waals surface area contributed by atoms with Crippen molar-refractivity contribution in [2.45, 2.75) is 19.4 Å². The number of ether oxygens (including phenoxy) is 1. The molecule has 0 spiro atoms. The molecule has 0 saturated carbocycles. The molecule has 2 aromatic heterocycles. The zero-order valence-electron chi connectivity index (χ0n) is 20.3. The number of nitrogens with one attached hydrogen (secondary N) is 2. The van der Waals surface area contributed by atoms with Gasteiger partial charge in [0.05, 0.1) is 5.52 Å². The van der Waals surface area contributed by atoms with E-state index in [1.807, 2.05) is 60.7 Å². The number of hydrogen-bond donors (Lipinski definition) is 2. The minimum absolute atomic E-state index is 0.122. The van der Waals surface area contributed by atoms with E-state index in [2.05, 4.69) is 25.3 Å². The van der Waals surface area contributed by atoms with Crippen molar-refractivity contribution in [2.75, 3.05) is 5.32 Å². The molecule has 0 bridgehead atoms. The van der Waals surface area contributed by atoms with Crippen molar-refractivity contribution in [3.8, 4) is 5.75 Å². The van der Waals surface area contributed by atoms with Crippen LogP contribution in [0.15, 0.2) is 96.3 Å². The third-order valence-corrected chi connectivity index (χ3v) is 6.28. The molecule has 1 aliphatic heterocycles. The Morgan fingerprint density at radius 3 is 2.61 bits per heavy atom. The fourth-order valence-electron chi connectivity index (χ4n) is 4.36. The van der Waals surface area contributed by atoms with E-state index in [9.17, 15) is 9.59 Å². The summed E-state index contributed by atoms with van der Waals surface area (Å²) in [5.74, 6) is 0.209. The highest BCUT2D eigenvalue weighted by Gasteiger charge is 2.20. The molecule has 0 radical (unpaired) electrons. The summed E-state index contributed by atoms with van der Waals surface area (Å²) < 4.78 is 6.02. The van der Waals surface area contributed by atoms with Gasteiger partial charge in [-0.1, -0.05) is 60.7 Å². The van der Waals surface area contributed by atoms with E-state index in [0.717, 1.165) is 22.0 Å². The molecule has 1 aliphatic rings. The number of imidazole rings is 1. The van der Waals surface area contributed by atoms with Crippen LogP contribution in [0.5, 0.6) is 5.75 Å². The third-order valence-electron chi connectivity index (χ3n) is 6.28. The molecule has 2 N–H and O–H groups in total. The van der Waals surface area contributed by atoms with Crippen LogP contribution in [-0.4, -0.2) is 32.4 Å². The third kappa shape index (κ3) is 4.92. The molecule has 0 fully saturated rings. The van der Waals surface area contributed by atoms with Gasteiger partial charge in [0, 0.05) is 48.0 Å². The summed E-state index contributed by atoms with van der Waals surface area (Å²) in [6, 6.07) is 22.7. The number of rotatable bonds is 8. The van der Waals surface area contributed by atoms with Crippen LogP contribution in [0.4, 0.5) is 5.95 Å². The highest BCUT2D eigenvalue weighted by molar-refractivity contribution is 6.16. The molecule has 8 nitrogen and oxygen atoms in total. The van der Waals surface area contributed by atoms with E-state index in [0.29, 0.717) is 35.4 Å². The fourth-order valence-corrected chi connectivity index (χ4v) is 4.36. The number of carbonyl (C=O) groups is 2. The Kier molecular flexibility index (Phi) is 6.19. The van der Waals surface area contributed by atoms with E-state index in [4.69, 9.17) is 4.74 Å². The summed E-state index contributed by atoms with van der Waals surface area (Å²) in [4.78, 5) is 42.5. The number of pyridine rings is 1. The Hall–Kier alpha value is -5.11. The molecule has 0 atom stereocenters. The molecule has 3 aromatic carbocycles. The van der Waals surface area contributed by atoms with Crippen molar-refractivity contribution in [3.05, 3.63) is 108 Å². The first-order valence-electron chi connectivity index (χ1n) is 12.2. The number of Topliss-reactive ketones (excluding diaryl/α,β-unsaturated/α-hetero) is 1. The van der Waals surface area contributed by atoms with E-state index in [1.54, 1.807) is 30.6 Å². The van der Waals surface area contributed by atoms with E-state index in [-0.39, 0.29) is 23.8 Å². The molecule has 1 amide bonds. The number of hydrogen-bond acceptors (Lipinski definition) is 6. The summed E-state index contributed by atoms with van der Waals surface area (Å²) in [5.41, 5.74) is 3.50. The summed E-state index contributed by atoms with van der Waals surface area (Å²) in [5, 5.41) is 4.63. The lowest BCUT2D eigenvalue weighted by molar-refractivity contribution is 0.0998. The van der Waals surface area contributed by atoms with E-state index >= 15 is 0 Å². The summed E-state index contributed by atoms with van der Waals surface area (Å²) in [6.45, 7) is 0.349. The molecule has 8 heteroatoms. The van der Waals surface area contributed by atoms with Gasteiger partial charge in [0.25, 0.3) is 5.91 Å². The molecule has 0 unspecified atom stereocenters. The first kappa shape index (κ1) is 23.3. The number of anilines is 1. The number of benzene rings is 3. The SMILES string of the molecule is O=C(Nc1nc2c(C(=O)CC3=NC=CC3)cc(OCc3ccccc3)cc2[nH]1)c1cc2ccccc2cn1. The molecule has 186 valence electrons. The first-order chi connectivity index (χ1) is 18.6. The Labute approximate surface area is 218 Å². The number of aliphatic imine (C=N–C) groups is 1. The maximum Gasteiger partial charge on any atom is 0.276 e. The van der Waals surface area contributed by atoms with Crippen LogP contribution in [0, 0.1) is 0 Å². The number of aromatic nitrogens is 3. The van der Waals surface area contributed by atoms with Crippen molar-refractivity contribution >= 4 is 45.2 Å². The Morgan fingerprint density at radius 2 is 1.79 bits per heavy atom. The van der Waals surface area contributed by atoms with Crippen molar-refractivity contribution in [2.24, 2.45) is 4.99 Å². The lowest BCUT2D eigenvalue weighted by Crippen LogP contribution is -2.14. The summed E-state index contributed by atoms with van der Waals surface area (Å²) >= 11 is 0. The average Bonchev–Trinajstić information content (AvgIpc) is 3.61. The predicted octanol–water partition coefficient (Wildman–Crippen LogP) is 5.87. The molecule has 5 aromatic rings. The molecule has 3 heterocycles. The zero-order chi connectivity index (χ0) is 25.9. The zero-order valence-corrected chi connectivity index (χ0v) is 20.3. The molecule has 38 heavy (non-hydrogen) atoms. The molecular formula is C30H23N5O3. The van der Waals surface area contributed by atoms with Gasteiger partial charge in [-0.05, 0) is 23.1 Å². The van der Waals surface area contributed by atoms with Crippen molar-refractivity contribution in [1.29, 1.82) is 0 Å². The largest absolute Gasteiger partial charge is 0.489 e. The van der Waals surface area contributed by atoms with Gasteiger partial charge in [-0.15, -0.1) is 0 Å². The smallest absolute Gasteiger partial charge is 0.276 e. The number of amides is 1. The molecule has 0 aliphatic carbocycles. The maximum atomic E-state index is 13.3. The van der Waals surface area contributed by atoms with Crippen molar-refractivity contribution < 1.29 is 14.3 Å². The van der Waals surface area contributed by atoms with Gasteiger partial charge in [0.15, 0.2) is 5.78 Å². The lowest BCUT2D eigenvalue weighted by atomic mass is 10.0. The van der Waals surface area contributed by atoms with Crippen LogP contribution in [0.1, 0.15) is 39.3 Å². The van der Waals surface area contributed by atoms with Crippen LogP contribution in [-0.2, 0) is 6.61 Å². The number of fused-ring (bicyclic) bond motifs is 2. The highest BCUT2D eigenvalue weighted by atomic mass is 16.5. The second kappa shape index (κ2) is 10.1. The highest BCUT2D eigenvalue weighted by Crippen LogP contribution is 2.28. The Balaban J connectivity index is 1.30. The van der Waals surface area contributed by atoms with Crippen LogP contribution >= 0.6 is 0 Å². The quantitative estimate of drug-likeness (QED) is 0.258. The Morgan fingerprint density at radius 1 is 0.974 bits per heavy atom. The number of H-pyrrole nitrogens is 1. The minimum Gasteiger partial charge on any atom is -0.489 e. The van der Waals surface area contributed by atoms with Crippen LogP contribution in [0.25, 0.3) is 21.8 Å². The number of aromatic amines is 1. The van der Waals surface area contributed by atoms with Crippen molar-refractivity contribution in [1.82, 2.24) is 15.0 Å². The van der Waals surface area contributed by atoms with Crippen LogP contribution in [0.3, 0.4) is 0 Å². The van der Waals surface area contributed by atoms with Gasteiger partial charge in [0.2, 0.25) is 5.95 Å². The topological polar surface area (TPSA) is 109 Å². The van der Waals surface area contributed by atoms with Gasteiger partial charge in [-0.3, -0.25) is 24.9 Å². The second-order valence-electron chi connectivity index (χ2n) is 8.98. The lowest BCUT2D eigenvalue weighted by Gasteiger charge is -2.09. The van der Waals surface area contributed by atoms with Gasteiger partial charge in [-0.25, -0.2) is 4.98 Å². The van der Waals surface area contributed by atoms with E-state index < -0.39 is 5.91 Å². The molecular weight excluding hydrogens is 478 g/mol. The maximum absolute atomic E-state index is 13.3. The normalized spacial score (nSPS) is 12.6. The summed E-state index contributed by atoms with van der Waals surface area (Å²) in [6.07, 6.45) is 6.12. The van der Waals surface area contributed by atoms with Gasteiger partial charge in [0.1, 0.15) is 23.6 Å². The molecule has 0 saturated heterocycles. The van der Waals surface area contributed by atoms with Gasteiger partial charge < -0.3 is 9.72 Å². The monoisotopic (exact) mass is 501 g/mol. The Bertz CT molecular complexity index is 1740. The van der Waals surface area contributed by atoms with Gasteiger partial charge >= 0.3 is 0 Å². The minimum atomic E-state index is -0.408. The second-order valence-corrected chi connectivity index (χ2v) is 8.98. The predicted molar refractivity (Wildman–Crippen MR) is 147 cm³/mol. The number of ketones is 1. The number of carbonyl (C=O) groups excluding carboxylic acids is 2. The number of nitrogens with zero attached hydrogens (tertiary/aromatic N) is 3. The first-order valence-corrected chi connectivity index (χ1v) is 12.2. The number of allylic oxidation sites excluding steroid dienone is 1. The van der Waals surface area contributed by atoms with Crippen LogP contribution in [0.2, 0.25) is 0 Å². The summed E-state index contributed by atoms with van der Waals surface area (Å²) in [7, 11) is 0. The van der Waals surface area contributed by atoms with Crippen molar-refractivity contribution in [3.63, 3.8) is 0 Å². The van der Waals surface area contributed by atoms with E-state index in [1.165, 1.54) is 0 Å². The fraction of sp³-hybridized carbons (Fsp3) is 0.100. The average molecular weight is 502 g/mol.